The number of fused-ring (bicyclic) bond motifs is 1. The lowest BCUT2D eigenvalue weighted by Crippen LogP contribution is -2.35. The number of amides is 2. The quantitative estimate of drug-likeness (QED) is 0.368. The minimum Gasteiger partial charge on any atom is -0.465 e. The summed E-state index contributed by atoms with van der Waals surface area (Å²) in [6.07, 6.45) is 0. The monoisotopic (exact) mass is 509 g/mol. The second-order valence-electron chi connectivity index (χ2n) is 8.98. The Labute approximate surface area is 220 Å². The Morgan fingerprint density at radius 3 is 2.39 bits per heavy atom. The third kappa shape index (κ3) is 5.26. The smallest absolute Gasteiger partial charge is 0.337 e. The zero-order chi connectivity index (χ0) is 27.4. The van der Waals surface area contributed by atoms with Crippen molar-refractivity contribution in [2.45, 2.75) is 0 Å². The van der Waals surface area contributed by atoms with Crippen LogP contribution in [0.15, 0.2) is 66.7 Å². The number of anilines is 3. The molecule has 0 bridgehead atoms. The van der Waals surface area contributed by atoms with E-state index in [4.69, 9.17) is 4.74 Å². The molecule has 0 aromatic heterocycles. The van der Waals surface area contributed by atoms with Gasteiger partial charge in [0.15, 0.2) is 0 Å². The van der Waals surface area contributed by atoms with Crippen molar-refractivity contribution >= 4 is 46.1 Å². The van der Waals surface area contributed by atoms with Crippen molar-refractivity contribution in [2.24, 2.45) is 0 Å². The second kappa shape index (κ2) is 11.0. The summed E-state index contributed by atoms with van der Waals surface area (Å²) in [5.74, 6) is -0.983. The maximum atomic E-state index is 13.2. The highest BCUT2D eigenvalue weighted by Crippen LogP contribution is 2.38. The number of nitriles is 1. The van der Waals surface area contributed by atoms with Crippen molar-refractivity contribution in [1.82, 2.24) is 4.90 Å². The minimum absolute atomic E-state index is 0.148. The molecule has 0 aliphatic carbocycles. The third-order valence-electron chi connectivity index (χ3n) is 6.07. The predicted molar refractivity (Wildman–Crippen MR) is 146 cm³/mol. The van der Waals surface area contributed by atoms with Crippen LogP contribution in [0.5, 0.6) is 0 Å². The highest BCUT2D eigenvalue weighted by molar-refractivity contribution is 6.37. The summed E-state index contributed by atoms with van der Waals surface area (Å²) in [4.78, 5) is 41.0. The summed E-state index contributed by atoms with van der Waals surface area (Å²) in [6, 6.07) is 21.5. The van der Waals surface area contributed by atoms with Crippen molar-refractivity contribution in [3.05, 3.63) is 89.0 Å². The maximum Gasteiger partial charge on any atom is 0.337 e. The van der Waals surface area contributed by atoms with Crippen molar-refractivity contribution in [3.63, 3.8) is 0 Å². The zero-order valence-electron chi connectivity index (χ0n) is 21.5. The van der Waals surface area contributed by atoms with E-state index in [2.05, 4.69) is 16.7 Å². The van der Waals surface area contributed by atoms with Crippen molar-refractivity contribution < 1.29 is 19.1 Å². The number of methoxy groups -OCH3 is 1. The number of ether oxygens (including phenoxy) is 1. The molecule has 1 aliphatic rings. The lowest BCUT2D eigenvalue weighted by Gasteiger charge is -2.22. The highest BCUT2D eigenvalue weighted by atomic mass is 16.5. The first kappa shape index (κ1) is 26.1. The molecule has 4 rings (SSSR count). The summed E-state index contributed by atoms with van der Waals surface area (Å²) in [5.41, 5.74) is 4.48. The van der Waals surface area contributed by atoms with E-state index in [1.807, 2.05) is 30.3 Å². The molecule has 0 atom stereocenters. The molecule has 0 radical (unpaired) electrons. The Kier molecular flexibility index (Phi) is 7.55. The van der Waals surface area contributed by atoms with E-state index in [1.165, 1.54) is 12.0 Å². The number of nitrogens with one attached hydrogen (secondary N) is 2. The molecule has 1 heterocycles. The largest absolute Gasteiger partial charge is 0.465 e. The van der Waals surface area contributed by atoms with Gasteiger partial charge in [-0.05, 0) is 50.0 Å². The molecule has 0 fully saturated rings. The van der Waals surface area contributed by atoms with Gasteiger partial charge in [0, 0.05) is 18.3 Å². The molecular formula is C29H27N5O4. The van der Waals surface area contributed by atoms with Crippen LogP contribution in [0.4, 0.5) is 17.1 Å². The van der Waals surface area contributed by atoms with Gasteiger partial charge >= 0.3 is 5.97 Å². The summed E-state index contributed by atoms with van der Waals surface area (Å²) in [7, 11) is 6.54. The van der Waals surface area contributed by atoms with E-state index < -0.39 is 5.97 Å². The molecule has 0 spiro atoms. The topological polar surface area (TPSA) is 115 Å². The number of benzene rings is 3. The first-order chi connectivity index (χ1) is 18.2. The van der Waals surface area contributed by atoms with Crippen LogP contribution in [0.3, 0.4) is 0 Å². The van der Waals surface area contributed by atoms with Gasteiger partial charge in [0.2, 0.25) is 5.91 Å². The molecule has 0 saturated heterocycles. The van der Waals surface area contributed by atoms with Gasteiger partial charge < -0.3 is 25.2 Å². The molecule has 38 heavy (non-hydrogen) atoms. The third-order valence-corrected chi connectivity index (χ3v) is 6.07. The van der Waals surface area contributed by atoms with E-state index in [-0.39, 0.29) is 18.4 Å². The van der Waals surface area contributed by atoms with Gasteiger partial charge in [0.25, 0.3) is 5.91 Å². The first-order valence-electron chi connectivity index (χ1n) is 11.8. The number of esters is 1. The molecule has 2 N–H and O–H groups in total. The van der Waals surface area contributed by atoms with Crippen LogP contribution < -0.4 is 15.5 Å². The Balaban J connectivity index is 1.78. The van der Waals surface area contributed by atoms with Crippen LogP contribution in [0, 0.1) is 11.3 Å². The fraction of sp³-hybridized carbons (Fsp3) is 0.172. The lowest BCUT2D eigenvalue weighted by atomic mass is 9.99. The first-order valence-corrected chi connectivity index (χ1v) is 11.8. The highest BCUT2D eigenvalue weighted by Gasteiger charge is 2.29. The Hall–Kier alpha value is -4.94. The van der Waals surface area contributed by atoms with Crippen LogP contribution in [0.1, 0.15) is 27.0 Å². The average molecular weight is 510 g/mol. The van der Waals surface area contributed by atoms with E-state index in [0.29, 0.717) is 45.0 Å². The SMILES string of the molecule is COC(=O)c1ccc2c(c1)NC(=O)/C2=C(\Nc1ccc(N(C)C(=O)CN(C)C)c(C#N)c1)c1ccccc1. The molecule has 9 heteroatoms. The number of rotatable bonds is 7. The normalized spacial score (nSPS) is 13.3. The summed E-state index contributed by atoms with van der Waals surface area (Å²) < 4.78 is 4.80. The summed E-state index contributed by atoms with van der Waals surface area (Å²) in [5, 5.41) is 16.0. The van der Waals surface area contributed by atoms with Crippen molar-refractivity contribution in [2.75, 3.05) is 50.3 Å². The van der Waals surface area contributed by atoms with Gasteiger partial charge in [0.1, 0.15) is 6.07 Å². The van der Waals surface area contributed by atoms with Crippen molar-refractivity contribution in [3.8, 4) is 6.07 Å². The van der Waals surface area contributed by atoms with E-state index in [0.717, 1.165) is 5.56 Å². The molecule has 3 aromatic rings. The van der Waals surface area contributed by atoms with Gasteiger partial charge in [0.05, 0.1) is 47.4 Å². The van der Waals surface area contributed by atoms with E-state index in [1.54, 1.807) is 62.4 Å². The fourth-order valence-corrected chi connectivity index (χ4v) is 4.20. The molecule has 2 amide bonds. The Bertz CT molecular complexity index is 1490. The van der Waals surface area contributed by atoms with Crippen molar-refractivity contribution in [1.29, 1.82) is 5.26 Å². The van der Waals surface area contributed by atoms with Gasteiger partial charge in [-0.25, -0.2) is 4.79 Å². The minimum atomic E-state index is -0.501. The van der Waals surface area contributed by atoms with E-state index >= 15 is 0 Å². The van der Waals surface area contributed by atoms with Crippen LogP contribution in [-0.4, -0.2) is 57.5 Å². The number of carbonyl (C=O) groups is 3. The molecule has 1 aliphatic heterocycles. The second-order valence-corrected chi connectivity index (χ2v) is 8.98. The standard InChI is InChI=1S/C29H27N5O4/c1-33(2)17-25(35)34(3)24-13-11-21(14-20(24)16-30)31-27(18-8-6-5-7-9-18)26-22-12-10-19(29(37)38-4)15-23(22)32-28(26)36/h5-15,31H,17H2,1-4H3,(H,32,36)/b27-26-. The Morgan fingerprint density at radius 2 is 1.74 bits per heavy atom. The van der Waals surface area contributed by atoms with Crippen LogP contribution in [0.25, 0.3) is 11.3 Å². The number of likely N-dealkylation sites (N-methyl/N-ethyl adjacent to an activating group) is 2. The molecule has 0 saturated carbocycles. The summed E-state index contributed by atoms with van der Waals surface area (Å²) >= 11 is 0. The molecule has 0 unspecified atom stereocenters. The molecule has 9 nitrogen and oxygen atoms in total. The maximum absolute atomic E-state index is 13.2. The molecular weight excluding hydrogens is 482 g/mol. The number of carbonyl (C=O) groups excluding carboxylic acids is 3. The van der Waals surface area contributed by atoms with Crippen LogP contribution in [-0.2, 0) is 14.3 Å². The predicted octanol–water partition coefficient (Wildman–Crippen LogP) is 3.80. The number of nitrogens with zero attached hydrogens (tertiary/aromatic N) is 3. The number of hydrogen-bond acceptors (Lipinski definition) is 7. The molecule has 192 valence electrons. The molecule has 3 aromatic carbocycles. The average Bonchev–Trinajstić information content (AvgIpc) is 3.25. The van der Waals surface area contributed by atoms with Gasteiger partial charge in [-0.2, -0.15) is 5.26 Å². The summed E-state index contributed by atoms with van der Waals surface area (Å²) in [6.45, 7) is 0.206. The van der Waals surface area contributed by atoms with Gasteiger partial charge in [-0.15, -0.1) is 0 Å². The van der Waals surface area contributed by atoms with Crippen LogP contribution in [0.2, 0.25) is 0 Å². The Morgan fingerprint density at radius 1 is 1.00 bits per heavy atom. The lowest BCUT2D eigenvalue weighted by molar-refractivity contribution is -0.119. The van der Waals surface area contributed by atoms with Gasteiger partial charge in [-0.3, -0.25) is 9.59 Å². The van der Waals surface area contributed by atoms with Crippen LogP contribution >= 0.6 is 0 Å². The number of hydrogen-bond donors (Lipinski definition) is 2. The van der Waals surface area contributed by atoms with E-state index in [9.17, 15) is 19.6 Å². The fourth-order valence-electron chi connectivity index (χ4n) is 4.20. The zero-order valence-corrected chi connectivity index (χ0v) is 21.5. The van der Waals surface area contributed by atoms with Gasteiger partial charge in [-0.1, -0.05) is 36.4 Å².